The minimum absolute atomic E-state index is 0.0893. The Morgan fingerprint density at radius 1 is 0.621 bits per heavy atom. The Bertz CT molecular complexity index is 2560. The molecule has 4 amide bonds. The van der Waals surface area contributed by atoms with Crippen molar-refractivity contribution in [3.05, 3.63) is 120 Å². The SMILES string of the molecule is COC1([C@H](NC(=O)OCc2ccccc2)C(=O)N2CCC[C@H]2c2nc3ccc(-c4ccc5nc([C@@H]6CCCN6C(=O)[C@@H](NC(=O)OCc6ccccc6)C6(OC)CC6)[nH]c5c4)cc3[nH]2)CC1. The van der Waals surface area contributed by atoms with Gasteiger partial charge in [-0.25, -0.2) is 19.6 Å². The van der Waals surface area contributed by atoms with Crippen LogP contribution in [0.15, 0.2) is 97.1 Å². The van der Waals surface area contributed by atoms with Gasteiger partial charge in [-0.05, 0) is 97.9 Å². The molecule has 2 saturated carbocycles. The number of carbonyl (C=O) groups is 4. The highest BCUT2D eigenvalue weighted by Crippen LogP contribution is 2.46. The molecule has 16 heteroatoms. The second-order valence-electron chi connectivity index (χ2n) is 17.9. The number of aromatic amines is 2. The predicted octanol–water partition coefficient (Wildman–Crippen LogP) is 7.38. The minimum atomic E-state index is -0.905. The Labute approximate surface area is 381 Å². The Morgan fingerprint density at radius 3 is 1.41 bits per heavy atom. The number of nitrogens with one attached hydrogen (secondary N) is 4. The van der Waals surface area contributed by atoms with Gasteiger partial charge in [0.05, 0.1) is 45.4 Å². The van der Waals surface area contributed by atoms with Crippen molar-refractivity contribution in [1.82, 2.24) is 40.4 Å². The summed E-state index contributed by atoms with van der Waals surface area (Å²) in [6.07, 6.45) is 4.29. The van der Waals surface area contributed by atoms with E-state index in [1.165, 1.54) is 0 Å². The van der Waals surface area contributed by atoms with Crippen molar-refractivity contribution in [3.8, 4) is 11.1 Å². The van der Waals surface area contributed by atoms with Crippen LogP contribution in [0.4, 0.5) is 9.59 Å². The fourth-order valence-electron chi connectivity index (χ4n) is 9.76. The van der Waals surface area contributed by atoms with E-state index in [2.05, 4.69) is 32.7 Å². The zero-order chi connectivity index (χ0) is 45.4. The van der Waals surface area contributed by atoms with E-state index in [0.29, 0.717) is 50.4 Å². The lowest BCUT2D eigenvalue weighted by molar-refractivity contribution is -0.139. The van der Waals surface area contributed by atoms with E-state index >= 15 is 0 Å². The number of ether oxygens (including phenoxy) is 4. The number of fused-ring (bicyclic) bond motifs is 2. The molecule has 4 N–H and O–H groups in total. The number of benzene rings is 4. The van der Waals surface area contributed by atoms with Crippen LogP contribution in [0.3, 0.4) is 0 Å². The van der Waals surface area contributed by atoms with Crippen LogP contribution in [0.5, 0.6) is 0 Å². The highest BCUT2D eigenvalue weighted by Gasteiger charge is 2.57. The number of methoxy groups -OCH3 is 2. The van der Waals surface area contributed by atoms with Crippen LogP contribution >= 0.6 is 0 Å². The van der Waals surface area contributed by atoms with E-state index in [1.54, 1.807) is 14.2 Å². The smallest absolute Gasteiger partial charge is 0.408 e. The second-order valence-corrected chi connectivity index (χ2v) is 17.9. The van der Waals surface area contributed by atoms with Crippen molar-refractivity contribution < 1.29 is 38.1 Å². The standard InChI is InChI=1S/C50H54N8O8/c1-63-49(21-22-49)41(55-47(61)65-29-31-11-5-3-6-12-31)45(59)57-25-9-15-39(57)43-51-35-19-17-33(27-37(35)53-43)34-18-20-36-38(28-34)54-44(52-36)40-16-10-26-58(40)46(60)42(50(64-2)23-24-50)56-48(62)66-30-32-13-7-4-8-14-32/h3-8,11-14,17-20,27-28,39-42H,9-10,15-16,21-26,29-30H2,1-2H3,(H,51,53)(H,52,54)(H,55,61)(H,56,62)/t39-,40-,41+,42+/m0/s1. The zero-order valence-electron chi connectivity index (χ0n) is 37.1. The van der Waals surface area contributed by atoms with E-state index in [1.807, 2.05) is 94.7 Å². The first kappa shape index (κ1) is 43.1. The zero-order valence-corrected chi connectivity index (χ0v) is 37.1. The van der Waals surface area contributed by atoms with E-state index in [9.17, 15) is 19.2 Å². The monoisotopic (exact) mass is 894 g/mol. The highest BCUT2D eigenvalue weighted by atomic mass is 16.6. The summed E-state index contributed by atoms with van der Waals surface area (Å²) in [4.78, 5) is 75.4. The van der Waals surface area contributed by atoms with Crippen LogP contribution < -0.4 is 10.6 Å². The molecule has 0 unspecified atom stereocenters. The Kier molecular flexibility index (Phi) is 11.7. The van der Waals surface area contributed by atoms with Crippen molar-refractivity contribution in [1.29, 1.82) is 0 Å². The summed E-state index contributed by atoms with van der Waals surface area (Å²) < 4.78 is 22.7. The first-order chi connectivity index (χ1) is 32.2. The van der Waals surface area contributed by atoms with Crippen molar-refractivity contribution >= 4 is 46.1 Å². The number of amides is 4. The molecule has 4 aliphatic rings. The Balaban J connectivity index is 0.832. The van der Waals surface area contributed by atoms with Gasteiger partial charge in [-0.3, -0.25) is 9.59 Å². The number of nitrogens with zero attached hydrogens (tertiary/aromatic N) is 4. The normalized spacial score (nSPS) is 20.2. The number of hydrogen-bond donors (Lipinski definition) is 4. The third-order valence-electron chi connectivity index (χ3n) is 13.8. The predicted molar refractivity (Wildman–Crippen MR) is 244 cm³/mol. The molecule has 66 heavy (non-hydrogen) atoms. The molecular weight excluding hydrogens is 841 g/mol. The molecule has 342 valence electrons. The molecule has 4 fully saturated rings. The molecule has 0 bridgehead atoms. The van der Waals surface area contributed by atoms with E-state index in [0.717, 1.165) is 70.0 Å². The van der Waals surface area contributed by atoms with Crippen LogP contribution in [0.25, 0.3) is 33.2 Å². The maximum absolute atomic E-state index is 14.4. The van der Waals surface area contributed by atoms with Gasteiger partial charge < -0.3 is 49.3 Å². The fraction of sp³-hybridized carbons (Fsp3) is 0.400. The fourth-order valence-corrected chi connectivity index (χ4v) is 9.76. The van der Waals surface area contributed by atoms with Gasteiger partial charge in [0.25, 0.3) is 0 Å². The van der Waals surface area contributed by atoms with Crippen molar-refractivity contribution in [2.45, 2.75) is 99.9 Å². The quantitative estimate of drug-likeness (QED) is 0.0809. The average molecular weight is 895 g/mol. The molecule has 4 atom stereocenters. The van der Waals surface area contributed by atoms with Gasteiger partial charge in [-0.2, -0.15) is 0 Å². The second kappa shape index (κ2) is 17.9. The largest absolute Gasteiger partial charge is 0.445 e. The molecule has 6 aromatic rings. The molecule has 2 aliphatic carbocycles. The van der Waals surface area contributed by atoms with Crippen LogP contribution in [0, 0.1) is 0 Å². The number of hydrogen-bond acceptors (Lipinski definition) is 10. The third kappa shape index (κ3) is 8.58. The average Bonchev–Trinajstić information content (AvgIpc) is 3.97. The van der Waals surface area contributed by atoms with Gasteiger partial charge in [-0.15, -0.1) is 0 Å². The van der Waals surface area contributed by atoms with Gasteiger partial charge in [0.15, 0.2) is 0 Å². The first-order valence-corrected chi connectivity index (χ1v) is 22.8. The van der Waals surface area contributed by atoms with Crippen molar-refractivity contribution in [3.63, 3.8) is 0 Å². The molecule has 2 aliphatic heterocycles. The molecule has 0 radical (unpaired) electrons. The van der Waals surface area contributed by atoms with E-state index in [-0.39, 0.29) is 37.1 Å². The van der Waals surface area contributed by atoms with Gasteiger partial charge in [-0.1, -0.05) is 72.8 Å². The summed E-state index contributed by atoms with van der Waals surface area (Å²) in [6, 6.07) is 28.5. The lowest BCUT2D eigenvalue weighted by Crippen LogP contribution is -2.56. The number of H-pyrrole nitrogens is 2. The molecule has 16 nitrogen and oxygen atoms in total. The number of likely N-dealkylation sites (tertiary alicyclic amines) is 2. The van der Waals surface area contributed by atoms with Crippen LogP contribution in [-0.4, -0.2) is 104 Å². The highest BCUT2D eigenvalue weighted by molar-refractivity contribution is 5.90. The third-order valence-corrected chi connectivity index (χ3v) is 13.8. The van der Waals surface area contributed by atoms with Crippen molar-refractivity contribution in [2.24, 2.45) is 0 Å². The summed E-state index contributed by atoms with van der Waals surface area (Å²) in [5.74, 6) is 0.934. The molecule has 4 aromatic carbocycles. The molecule has 4 heterocycles. The van der Waals surface area contributed by atoms with Gasteiger partial charge in [0.2, 0.25) is 11.8 Å². The lowest BCUT2D eigenvalue weighted by atomic mass is 10.0. The lowest BCUT2D eigenvalue weighted by Gasteiger charge is -2.32. The van der Waals surface area contributed by atoms with Crippen molar-refractivity contribution in [2.75, 3.05) is 27.3 Å². The molecule has 2 aromatic heterocycles. The van der Waals surface area contributed by atoms with Crippen LogP contribution in [0.1, 0.15) is 86.2 Å². The van der Waals surface area contributed by atoms with Gasteiger partial charge in [0, 0.05) is 27.3 Å². The van der Waals surface area contributed by atoms with Crippen LogP contribution in [-0.2, 0) is 41.8 Å². The first-order valence-electron chi connectivity index (χ1n) is 22.8. The molecule has 10 rings (SSSR count). The summed E-state index contributed by atoms with van der Waals surface area (Å²) in [6.45, 7) is 1.23. The Hall–Kier alpha value is -6.78. The summed E-state index contributed by atoms with van der Waals surface area (Å²) >= 11 is 0. The van der Waals surface area contributed by atoms with Crippen LogP contribution in [0.2, 0.25) is 0 Å². The molecular formula is C50H54N8O8. The molecule has 0 spiro atoms. The number of alkyl carbamates (subject to hydrolysis) is 2. The maximum atomic E-state index is 14.4. The Morgan fingerprint density at radius 2 is 1.03 bits per heavy atom. The van der Waals surface area contributed by atoms with E-state index in [4.69, 9.17) is 28.9 Å². The summed E-state index contributed by atoms with van der Waals surface area (Å²) in [7, 11) is 3.16. The topological polar surface area (TPSA) is 193 Å². The van der Waals surface area contributed by atoms with E-state index < -0.39 is 35.5 Å². The summed E-state index contributed by atoms with van der Waals surface area (Å²) in [5.41, 5.74) is 5.27. The maximum Gasteiger partial charge on any atom is 0.408 e. The molecule has 2 saturated heterocycles. The number of carbonyl (C=O) groups excluding carboxylic acids is 4. The van der Waals surface area contributed by atoms with Gasteiger partial charge in [0.1, 0.15) is 36.9 Å². The number of rotatable bonds is 15. The van der Waals surface area contributed by atoms with Gasteiger partial charge >= 0.3 is 12.2 Å². The minimum Gasteiger partial charge on any atom is -0.445 e. The summed E-state index contributed by atoms with van der Waals surface area (Å²) in [5, 5.41) is 5.70. The number of aromatic nitrogens is 4. The number of imidazole rings is 2.